The van der Waals surface area contributed by atoms with Crippen LogP contribution in [0.1, 0.15) is 25.0 Å². The highest BCUT2D eigenvalue weighted by molar-refractivity contribution is 6.21. The van der Waals surface area contributed by atoms with Gasteiger partial charge in [-0.3, -0.25) is 9.20 Å². The molecule has 0 spiro atoms. The molecule has 10 rings (SSSR count). The fourth-order valence-corrected chi connectivity index (χ4v) is 8.23. The minimum atomic E-state index is -0.162. The summed E-state index contributed by atoms with van der Waals surface area (Å²) in [6.45, 7) is 4.73. The molecular formula is C40H26N2O. The van der Waals surface area contributed by atoms with Crippen molar-refractivity contribution in [3.05, 3.63) is 143 Å². The van der Waals surface area contributed by atoms with E-state index in [4.69, 9.17) is 0 Å². The summed E-state index contributed by atoms with van der Waals surface area (Å²) >= 11 is 0. The first-order valence-electron chi connectivity index (χ1n) is 14.9. The largest absolute Gasteiger partial charge is 0.309 e. The summed E-state index contributed by atoms with van der Waals surface area (Å²) in [4.78, 5) is 13.9. The van der Waals surface area contributed by atoms with Gasteiger partial charge in [0, 0.05) is 43.4 Å². The van der Waals surface area contributed by atoms with Crippen molar-refractivity contribution in [1.82, 2.24) is 8.97 Å². The van der Waals surface area contributed by atoms with Gasteiger partial charge in [0.2, 0.25) is 0 Å². The molecule has 0 unspecified atom stereocenters. The van der Waals surface area contributed by atoms with E-state index in [2.05, 4.69) is 115 Å². The van der Waals surface area contributed by atoms with E-state index in [0.717, 1.165) is 43.7 Å². The Bertz CT molecular complexity index is 2720. The highest BCUT2D eigenvalue weighted by Gasteiger charge is 2.38. The molecule has 3 aromatic heterocycles. The Labute approximate surface area is 247 Å². The first-order chi connectivity index (χ1) is 21.0. The van der Waals surface area contributed by atoms with E-state index in [9.17, 15) is 4.79 Å². The average Bonchev–Trinajstić information content (AvgIpc) is 3.64. The van der Waals surface area contributed by atoms with Crippen molar-refractivity contribution in [3.63, 3.8) is 0 Å². The minimum Gasteiger partial charge on any atom is -0.309 e. The molecular weight excluding hydrogens is 524 g/mol. The highest BCUT2D eigenvalue weighted by atomic mass is 16.1. The Morgan fingerprint density at radius 3 is 1.91 bits per heavy atom. The van der Waals surface area contributed by atoms with Crippen molar-refractivity contribution in [2.24, 2.45) is 0 Å². The maximum atomic E-state index is 13.9. The monoisotopic (exact) mass is 550 g/mol. The van der Waals surface area contributed by atoms with Crippen molar-refractivity contribution >= 4 is 59.8 Å². The molecule has 1 aliphatic carbocycles. The van der Waals surface area contributed by atoms with Gasteiger partial charge >= 0.3 is 0 Å². The first-order valence-corrected chi connectivity index (χ1v) is 14.9. The number of benzene rings is 6. The molecule has 3 heterocycles. The second-order valence-corrected chi connectivity index (χ2v) is 12.5. The standard InChI is InChI=1S/C40H26N2O/c1-40(2)33-16-8-5-12-25(33)28-19-20-29-26-13-6-9-17-34(26)41(38(29)36(28)40)23-21-31-24-11-3-4-15-30(24)39(43)42-35-18-10-7-14-27(35)32(22-23)37(31)42/h3-22H,1-2H3. The van der Waals surface area contributed by atoms with Crippen LogP contribution in [-0.4, -0.2) is 8.97 Å². The molecule has 0 fully saturated rings. The van der Waals surface area contributed by atoms with E-state index in [1.807, 2.05) is 28.7 Å². The second-order valence-electron chi connectivity index (χ2n) is 12.5. The smallest absolute Gasteiger partial charge is 0.263 e. The van der Waals surface area contributed by atoms with Crippen LogP contribution in [0, 0.1) is 0 Å². The van der Waals surface area contributed by atoms with Gasteiger partial charge in [0.05, 0.1) is 22.1 Å². The van der Waals surface area contributed by atoms with Gasteiger partial charge in [0.15, 0.2) is 0 Å². The van der Waals surface area contributed by atoms with E-state index in [1.165, 1.54) is 44.1 Å². The minimum absolute atomic E-state index is 0.0382. The van der Waals surface area contributed by atoms with Gasteiger partial charge < -0.3 is 4.57 Å². The molecule has 0 saturated carbocycles. The lowest BCUT2D eigenvalue weighted by Crippen LogP contribution is -2.16. The Kier molecular flexibility index (Phi) is 4.15. The number of fused-ring (bicyclic) bond motifs is 12. The summed E-state index contributed by atoms with van der Waals surface area (Å²) in [7, 11) is 0. The van der Waals surface area contributed by atoms with Crippen molar-refractivity contribution in [2.45, 2.75) is 19.3 Å². The van der Waals surface area contributed by atoms with Crippen molar-refractivity contribution in [2.75, 3.05) is 0 Å². The fourth-order valence-electron chi connectivity index (χ4n) is 8.23. The zero-order valence-corrected chi connectivity index (χ0v) is 23.8. The molecule has 0 aliphatic heterocycles. The normalized spacial score (nSPS) is 14.1. The zero-order chi connectivity index (χ0) is 28.6. The molecule has 9 aromatic rings. The third-order valence-corrected chi connectivity index (χ3v) is 10.0. The fraction of sp³-hybridized carbons (Fsp3) is 0.0750. The highest BCUT2D eigenvalue weighted by Crippen LogP contribution is 2.53. The van der Waals surface area contributed by atoms with Gasteiger partial charge in [-0.1, -0.05) is 105 Å². The third-order valence-electron chi connectivity index (χ3n) is 10.0. The molecule has 1 aliphatic rings. The van der Waals surface area contributed by atoms with Gasteiger partial charge in [-0.2, -0.15) is 0 Å². The lowest BCUT2D eigenvalue weighted by molar-refractivity contribution is 0.664. The van der Waals surface area contributed by atoms with E-state index < -0.39 is 0 Å². The lowest BCUT2D eigenvalue weighted by Gasteiger charge is -2.24. The maximum absolute atomic E-state index is 13.9. The molecule has 0 N–H and O–H groups in total. The number of rotatable bonds is 1. The van der Waals surface area contributed by atoms with Gasteiger partial charge in [-0.05, 0) is 58.0 Å². The first kappa shape index (κ1) is 23.2. The molecule has 0 saturated heterocycles. The second kappa shape index (κ2) is 7.70. The third kappa shape index (κ3) is 2.69. The van der Waals surface area contributed by atoms with E-state index >= 15 is 0 Å². The molecule has 202 valence electrons. The number of pyridine rings is 1. The predicted octanol–water partition coefficient (Wildman–Crippen LogP) is 9.60. The maximum Gasteiger partial charge on any atom is 0.263 e. The Morgan fingerprint density at radius 1 is 0.512 bits per heavy atom. The molecule has 3 nitrogen and oxygen atoms in total. The number of para-hydroxylation sites is 2. The summed E-state index contributed by atoms with van der Waals surface area (Å²) in [5.41, 5.74) is 10.8. The van der Waals surface area contributed by atoms with Crippen molar-refractivity contribution in [3.8, 4) is 16.8 Å². The van der Waals surface area contributed by atoms with E-state index in [-0.39, 0.29) is 11.0 Å². The molecule has 3 heteroatoms. The predicted molar refractivity (Wildman–Crippen MR) is 179 cm³/mol. The SMILES string of the molecule is CC1(C)c2ccccc2-c2ccc3c4ccccc4n(-c4cc5c6ccccc6c(=O)n6c7ccccc7c(c4)c56)c3c21. The summed E-state index contributed by atoms with van der Waals surface area (Å²) in [5.74, 6) is 0. The van der Waals surface area contributed by atoms with Crippen LogP contribution in [-0.2, 0) is 5.41 Å². The van der Waals surface area contributed by atoms with Crippen LogP contribution in [0.15, 0.2) is 126 Å². The molecule has 0 radical (unpaired) electrons. The lowest BCUT2D eigenvalue weighted by atomic mass is 9.81. The van der Waals surface area contributed by atoms with Crippen LogP contribution in [0.5, 0.6) is 0 Å². The van der Waals surface area contributed by atoms with Crippen molar-refractivity contribution < 1.29 is 0 Å². The quantitative estimate of drug-likeness (QED) is 0.187. The number of hydrogen-bond donors (Lipinski definition) is 0. The summed E-state index contributed by atoms with van der Waals surface area (Å²) < 4.78 is 4.41. The summed E-state index contributed by atoms with van der Waals surface area (Å²) in [6, 6.07) is 43.2. The molecule has 0 atom stereocenters. The topological polar surface area (TPSA) is 26.4 Å². The van der Waals surface area contributed by atoms with E-state index in [0.29, 0.717) is 0 Å². The Hall–Kier alpha value is -5.41. The average molecular weight is 551 g/mol. The number of nitrogens with zero attached hydrogens (tertiary/aromatic N) is 2. The van der Waals surface area contributed by atoms with Gasteiger partial charge in [-0.15, -0.1) is 0 Å². The van der Waals surface area contributed by atoms with Crippen LogP contribution in [0.4, 0.5) is 0 Å². The van der Waals surface area contributed by atoms with Crippen molar-refractivity contribution in [1.29, 1.82) is 0 Å². The van der Waals surface area contributed by atoms with Gasteiger partial charge in [-0.25, -0.2) is 0 Å². The van der Waals surface area contributed by atoms with Gasteiger partial charge in [0.25, 0.3) is 5.56 Å². The van der Waals surface area contributed by atoms with Crippen LogP contribution in [0.3, 0.4) is 0 Å². The van der Waals surface area contributed by atoms with Crippen LogP contribution in [0.2, 0.25) is 0 Å². The Morgan fingerprint density at radius 2 is 1.12 bits per heavy atom. The van der Waals surface area contributed by atoms with Gasteiger partial charge in [0.1, 0.15) is 0 Å². The van der Waals surface area contributed by atoms with E-state index in [1.54, 1.807) is 0 Å². The number of aromatic nitrogens is 2. The Balaban J connectivity index is 1.45. The van der Waals surface area contributed by atoms with Crippen LogP contribution in [0.25, 0.3) is 76.6 Å². The summed E-state index contributed by atoms with van der Waals surface area (Å²) in [6.07, 6.45) is 0. The summed E-state index contributed by atoms with van der Waals surface area (Å²) in [5, 5.41) is 7.55. The molecule has 0 bridgehead atoms. The molecule has 6 aromatic carbocycles. The molecule has 43 heavy (non-hydrogen) atoms. The zero-order valence-electron chi connectivity index (χ0n) is 23.8. The molecule has 0 amide bonds. The number of hydrogen-bond acceptors (Lipinski definition) is 1. The van der Waals surface area contributed by atoms with Crippen LogP contribution >= 0.6 is 0 Å². The van der Waals surface area contributed by atoms with Crippen LogP contribution < -0.4 is 5.56 Å².